The van der Waals surface area contributed by atoms with Crippen molar-refractivity contribution in [2.24, 2.45) is 11.7 Å². The van der Waals surface area contributed by atoms with E-state index in [1.807, 2.05) is 12.2 Å². The third-order valence-electron chi connectivity index (χ3n) is 2.24. The molecule has 2 unspecified atom stereocenters. The minimum Gasteiger partial charge on any atom is -0.479 e. The highest BCUT2D eigenvalue weighted by atomic mass is 16.4. The molecule has 104 valence electrons. The van der Waals surface area contributed by atoms with E-state index in [0.29, 0.717) is 5.92 Å². The van der Waals surface area contributed by atoms with E-state index >= 15 is 0 Å². The van der Waals surface area contributed by atoms with Gasteiger partial charge in [-0.3, -0.25) is 0 Å². The molecule has 18 heavy (non-hydrogen) atoms. The lowest BCUT2D eigenvalue weighted by atomic mass is 10.1. The molecule has 0 spiro atoms. The third-order valence-corrected chi connectivity index (χ3v) is 2.24. The Morgan fingerprint density at radius 3 is 1.78 bits per heavy atom. The van der Waals surface area contributed by atoms with Gasteiger partial charge >= 0.3 is 11.9 Å². The lowest BCUT2D eigenvalue weighted by Crippen LogP contribution is -2.39. The average Bonchev–Trinajstić information content (AvgIpc) is 2.73. The van der Waals surface area contributed by atoms with Crippen LogP contribution in [0.5, 0.6) is 0 Å². The van der Waals surface area contributed by atoms with Gasteiger partial charge in [-0.2, -0.15) is 0 Å². The zero-order chi connectivity index (χ0) is 14.3. The number of carboxylic acids is 2. The summed E-state index contributed by atoms with van der Waals surface area (Å²) in [5.41, 5.74) is 5.50. The molecule has 1 rings (SSSR count). The molecule has 0 aliphatic heterocycles. The molecule has 7 N–H and O–H groups in total. The maximum Gasteiger partial charge on any atom is 0.335 e. The smallest absolute Gasteiger partial charge is 0.335 e. The van der Waals surface area contributed by atoms with E-state index in [2.05, 4.69) is 0 Å². The van der Waals surface area contributed by atoms with E-state index in [4.69, 9.17) is 31.3 Å². The predicted octanol–water partition coefficient (Wildman–Crippen LogP) is -2.24. The van der Waals surface area contributed by atoms with Crippen molar-refractivity contribution in [1.29, 1.82) is 0 Å². The maximum atomic E-state index is 9.77. The van der Waals surface area contributed by atoms with E-state index in [1.54, 1.807) is 0 Å². The second-order valence-corrected chi connectivity index (χ2v) is 3.79. The first-order chi connectivity index (χ1) is 8.29. The van der Waals surface area contributed by atoms with Crippen molar-refractivity contribution in [3.8, 4) is 0 Å². The number of carbonyl (C=O) groups is 2. The van der Waals surface area contributed by atoms with E-state index in [1.165, 1.54) is 0 Å². The zero-order valence-corrected chi connectivity index (χ0v) is 9.51. The van der Waals surface area contributed by atoms with Crippen LogP contribution in [0.4, 0.5) is 0 Å². The van der Waals surface area contributed by atoms with E-state index < -0.39 is 24.1 Å². The molecule has 8 heteroatoms. The van der Waals surface area contributed by atoms with E-state index in [0.717, 1.165) is 6.42 Å². The zero-order valence-electron chi connectivity index (χ0n) is 9.51. The van der Waals surface area contributed by atoms with Gasteiger partial charge in [0.15, 0.2) is 12.2 Å². The molecule has 0 amide bonds. The van der Waals surface area contributed by atoms with Crippen LogP contribution in [0.3, 0.4) is 0 Å². The molecule has 1 aliphatic carbocycles. The largest absolute Gasteiger partial charge is 0.479 e. The van der Waals surface area contributed by atoms with Crippen molar-refractivity contribution < 1.29 is 35.1 Å². The Labute approximate surface area is 103 Å². The van der Waals surface area contributed by atoms with E-state index in [-0.39, 0.29) is 12.6 Å². The summed E-state index contributed by atoms with van der Waals surface area (Å²) in [6, 6.07) is 0.187. The van der Waals surface area contributed by atoms with Crippen LogP contribution in [-0.2, 0) is 9.59 Å². The summed E-state index contributed by atoms with van der Waals surface area (Å²) in [6.45, 7) is 0.240. The molecule has 0 bridgehead atoms. The second-order valence-electron chi connectivity index (χ2n) is 3.79. The molecule has 0 radical (unpaired) electrons. The van der Waals surface area contributed by atoms with Crippen molar-refractivity contribution >= 4 is 11.9 Å². The second kappa shape index (κ2) is 7.77. The summed E-state index contributed by atoms with van der Waals surface area (Å²) >= 11 is 0. The minimum atomic E-state index is -2.27. The lowest BCUT2D eigenvalue weighted by molar-refractivity contribution is -0.165. The minimum absolute atomic E-state index is 0.187. The molecule has 0 heterocycles. The van der Waals surface area contributed by atoms with Gasteiger partial charge in [0.05, 0.1) is 0 Å². The number of aliphatic carboxylic acids is 2. The molecule has 0 fully saturated rings. The molecule has 0 saturated heterocycles. The monoisotopic (exact) mass is 263 g/mol. The van der Waals surface area contributed by atoms with Crippen LogP contribution in [0.25, 0.3) is 0 Å². The van der Waals surface area contributed by atoms with Gasteiger partial charge in [-0.25, -0.2) is 9.59 Å². The summed E-state index contributed by atoms with van der Waals surface area (Å²) in [6.07, 6.45) is 0.303. The Balaban J connectivity index is 0.000000327. The fourth-order valence-corrected chi connectivity index (χ4v) is 1.21. The molecule has 4 atom stereocenters. The number of nitrogens with two attached hydrogens (primary N) is 1. The van der Waals surface area contributed by atoms with Crippen LogP contribution in [0.1, 0.15) is 6.42 Å². The van der Waals surface area contributed by atoms with Gasteiger partial charge in [-0.15, -0.1) is 0 Å². The van der Waals surface area contributed by atoms with Crippen LogP contribution in [0.15, 0.2) is 12.2 Å². The fourth-order valence-electron chi connectivity index (χ4n) is 1.21. The van der Waals surface area contributed by atoms with Crippen LogP contribution in [0, 0.1) is 5.92 Å². The quantitative estimate of drug-likeness (QED) is 0.310. The highest BCUT2D eigenvalue weighted by Crippen LogP contribution is 2.14. The van der Waals surface area contributed by atoms with Gasteiger partial charge in [0, 0.05) is 18.6 Å². The summed E-state index contributed by atoms with van der Waals surface area (Å²) in [7, 11) is 0. The summed E-state index contributed by atoms with van der Waals surface area (Å²) < 4.78 is 0. The van der Waals surface area contributed by atoms with Crippen LogP contribution >= 0.6 is 0 Å². The first kappa shape index (κ1) is 16.5. The van der Waals surface area contributed by atoms with Crippen LogP contribution in [0.2, 0.25) is 0 Å². The predicted molar refractivity (Wildman–Crippen MR) is 59.6 cm³/mol. The first-order valence-corrected chi connectivity index (χ1v) is 5.16. The Morgan fingerprint density at radius 1 is 1.17 bits per heavy atom. The molecule has 8 nitrogen and oxygen atoms in total. The molecular weight excluding hydrogens is 246 g/mol. The SMILES string of the molecule is N[C@H]1C=C[C@@H](CO)C1.O=C(O)C(O)C(O)C(=O)O. The molecule has 1 aliphatic rings. The number of aliphatic hydroxyl groups excluding tert-OH is 3. The maximum absolute atomic E-state index is 9.77. The third kappa shape index (κ3) is 5.73. The molecule has 0 aromatic heterocycles. The van der Waals surface area contributed by atoms with Crippen molar-refractivity contribution in [1.82, 2.24) is 0 Å². The number of hydrogen-bond donors (Lipinski definition) is 6. The molecule has 0 aromatic rings. The van der Waals surface area contributed by atoms with Gasteiger partial charge in [0.25, 0.3) is 0 Å². The van der Waals surface area contributed by atoms with Crippen molar-refractivity contribution in [3.63, 3.8) is 0 Å². The molecule has 0 saturated carbocycles. The first-order valence-electron chi connectivity index (χ1n) is 5.16. The van der Waals surface area contributed by atoms with Gasteiger partial charge < -0.3 is 31.3 Å². The number of carboxylic acid groups (broad SMARTS) is 2. The molecular formula is C10H17NO7. The van der Waals surface area contributed by atoms with Crippen molar-refractivity contribution in [2.75, 3.05) is 6.61 Å². The van der Waals surface area contributed by atoms with Crippen molar-refractivity contribution in [2.45, 2.75) is 24.7 Å². The Morgan fingerprint density at radius 2 is 1.61 bits per heavy atom. The highest BCUT2D eigenvalue weighted by Gasteiger charge is 2.29. The topological polar surface area (TPSA) is 161 Å². The van der Waals surface area contributed by atoms with Gasteiger partial charge in [0.2, 0.25) is 0 Å². The number of hydrogen-bond acceptors (Lipinski definition) is 6. The highest BCUT2D eigenvalue weighted by molar-refractivity contribution is 5.83. The Hall–Kier alpha value is -1.48. The van der Waals surface area contributed by atoms with Crippen LogP contribution < -0.4 is 5.73 Å². The fraction of sp³-hybridized carbons (Fsp3) is 0.600. The van der Waals surface area contributed by atoms with E-state index in [9.17, 15) is 9.59 Å². The normalized spacial score (nSPS) is 24.9. The summed E-state index contributed by atoms with van der Waals surface area (Å²) in [4.78, 5) is 19.5. The van der Waals surface area contributed by atoms with Crippen molar-refractivity contribution in [3.05, 3.63) is 12.2 Å². The van der Waals surface area contributed by atoms with Crippen LogP contribution in [-0.4, -0.2) is 62.3 Å². The number of rotatable bonds is 4. The van der Waals surface area contributed by atoms with Gasteiger partial charge in [-0.05, 0) is 6.42 Å². The molecule has 0 aromatic carbocycles. The number of aliphatic hydroxyl groups is 3. The summed E-state index contributed by atoms with van der Waals surface area (Å²) in [5.74, 6) is -3.21. The Kier molecular flexibility index (Phi) is 7.13. The average molecular weight is 263 g/mol. The Bertz CT molecular complexity index is 299. The lowest BCUT2D eigenvalue weighted by Gasteiger charge is -2.07. The van der Waals surface area contributed by atoms with Gasteiger partial charge in [-0.1, -0.05) is 12.2 Å². The summed E-state index contributed by atoms with van der Waals surface area (Å²) in [5, 5.41) is 41.1. The standard InChI is InChI=1S/C6H11NO.C4H6O6/c7-6-2-1-5(3-6)4-8;5-1(3(7)8)2(6)4(9)10/h1-2,5-6,8H,3-4,7H2;1-2,5-6H,(H,7,8)(H,9,10)/t5-,6+;/m1./s1. The van der Waals surface area contributed by atoms with Gasteiger partial charge in [0.1, 0.15) is 0 Å².